The van der Waals surface area contributed by atoms with Crippen LogP contribution in [-0.4, -0.2) is 16.6 Å². The van der Waals surface area contributed by atoms with Gasteiger partial charge in [-0.3, -0.25) is 4.79 Å². The molecular weight excluding hydrogens is 392 g/mol. The fourth-order valence-electron chi connectivity index (χ4n) is 3.38. The van der Waals surface area contributed by atoms with Crippen LogP contribution >= 0.6 is 0 Å². The van der Waals surface area contributed by atoms with Crippen LogP contribution in [0.2, 0.25) is 0 Å². The van der Waals surface area contributed by atoms with Gasteiger partial charge in [-0.15, -0.1) is 0 Å². The smallest absolute Gasteiger partial charge is 0.267 e. The van der Waals surface area contributed by atoms with Crippen molar-refractivity contribution in [2.24, 2.45) is 0 Å². The first kappa shape index (κ1) is 18.9. The third kappa shape index (κ3) is 4.28. The normalized spacial score (nSPS) is 12.0. The summed E-state index contributed by atoms with van der Waals surface area (Å²) >= 11 is 0. The van der Waals surface area contributed by atoms with E-state index in [1.807, 2.05) is 72.8 Å². The summed E-state index contributed by atoms with van der Waals surface area (Å²) in [6.45, 7) is 1.10. The molecule has 6 heteroatoms. The Morgan fingerprint density at radius 2 is 1.65 bits per heavy atom. The topological polar surface area (TPSA) is 62.6 Å². The molecular formula is C25H20N2O4. The molecule has 0 radical (unpaired) electrons. The Morgan fingerprint density at radius 3 is 2.48 bits per heavy atom. The molecule has 1 aliphatic rings. The zero-order chi connectivity index (χ0) is 21.0. The molecule has 2 heterocycles. The Hall–Kier alpha value is -4.06. The molecule has 0 saturated heterocycles. The molecule has 0 unspecified atom stereocenters. The van der Waals surface area contributed by atoms with Crippen LogP contribution in [0.25, 0.3) is 11.3 Å². The highest BCUT2D eigenvalue weighted by molar-refractivity contribution is 5.63. The zero-order valence-electron chi connectivity index (χ0n) is 16.7. The van der Waals surface area contributed by atoms with Crippen molar-refractivity contribution in [1.82, 2.24) is 9.78 Å². The molecule has 1 aromatic heterocycles. The zero-order valence-corrected chi connectivity index (χ0v) is 16.7. The fraction of sp³-hybridized carbons (Fsp3) is 0.120. The Bertz CT molecular complexity index is 1250. The van der Waals surface area contributed by atoms with Gasteiger partial charge in [0.1, 0.15) is 12.4 Å². The first-order valence-corrected chi connectivity index (χ1v) is 9.98. The highest BCUT2D eigenvalue weighted by atomic mass is 16.7. The molecule has 1 aliphatic heterocycles. The minimum atomic E-state index is -0.158. The molecule has 0 fully saturated rings. The minimum absolute atomic E-state index is 0.158. The lowest BCUT2D eigenvalue weighted by Crippen LogP contribution is -2.22. The van der Waals surface area contributed by atoms with Crippen molar-refractivity contribution in [1.29, 1.82) is 0 Å². The van der Waals surface area contributed by atoms with Crippen molar-refractivity contribution in [3.05, 3.63) is 106 Å². The number of rotatable bonds is 6. The minimum Gasteiger partial charge on any atom is -0.489 e. The van der Waals surface area contributed by atoms with Crippen LogP contribution in [0, 0.1) is 0 Å². The predicted molar refractivity (Wildman–Crippen MR) is 116 cm³/mol. The SMILES string of the molecule is O=c1ccc(-c2ccc3c(c2)OCO3)nn1Cc1ccc(OCc2ccccc2)cc1. The van der Waals surface area contributed by atoms with Crippen molar-refractivity contribution < 1.29 is 14.2 Å². The largest absolute Gasteiger partial charge is 0.489 e. The van der Waals surface area contributed by atoms with Gasteiger partial charge in [0.25, 0.3) is 5.56 Å². The Morgan fingerprint density at radius 1 is 0.839 bits per heavy atom. The van der Waals surface area contributed by atoms with Crippen LogP contribution in [-0.2, 0) is 13.2 Å². The summed E-state index contributed by atoms with van der Waals surface area (Å²) in [4.78, 5) is 12.4. The van der Waals surface area contributed by atoms with Gasteiger partial charge in [-0.25, -0.2) is 4.68 Å². The lowest BCUT2D eigenvalue weighted by atomic mass is 10.1. The van der Waals surface area contributed by atoms with Crippen LogP contribution in [0.15, 0.2) is 89.7 Å². The van der Waals surface area contributed by atoms with E-state index in [0.717, 1.165) is 22.4 Å². The summed E-state index contributed by atoms with van der Waals surface area (Å²) in [7, 11) is 0. The van der Waals surface area contributed by atoms with E-state index in [0.29, 0.717) is 30.3 Å². The molecule has 5 rings (SSSR count). The van der Waals surface area contributed by atoms with E-state index in [1.165, 1.54) is 10.7 Å². The molecule has 0 saturated carbocycles. The predicted octanol–water partition coefficient (Wildman–Crippen LogP) is 4.27. The summed E-state index contributed by atoms with van der Waals surface area (Å²) in [6.07, 6.45) is 0. The molecule has 3 aromatic carbocycles. The van der Waals surface area contributed by atoms with E-state index in [9.17, 15) is 4.79 Å². The summed E-state index contributed by atoms with van der Waals surface area (Å²) in [6, 6.07) is 26.6. The number of fused-ring (bicyclic) bond motifs is 1. The second-order valence-electron chi connectivity index (χ2n) is 7.20. The quantitative estimate of drug-likeness (QED) is 0.473. The van der Waals surface area contributed by atoms with Gasteiger partial charge in [-0.2, -0.15) is 5.10 Å². The molecule has 0 amide bonds. The first-order chi connectivity index (χ1) is 15.2. The maximum Gasteiger partial charge on any atom is 0.267 e. The molecule has 0 atom stereocenters. The van der Waals surface area contributed by atoms with Gasteiger partial charge in [-0.1, -0.05) is 42.5 Å². The maximum atomic E-state index is 12.4. The van der Waals surface area contributed by atoms with Gasteiger partial charge in [0.15, 0.2) is 11.5 Å². The molecule has 31 heavy (non-hydrogen) atoms. The second-order valence-corrected chi connectivity index (χ2v) is 7.20. The van der Waals surface area contributed by atoms with Crippen molar-refractivity contribution in [3.8, 4) is 28.5 Å². The number of hydrogen-bond donors (Lipinski definition) is 0. The molecule has 6 nitrogen and oxygen atoms in total. The monoisotopic (exact) mass is 412 g/mol. The summed E-state index contributed by atoms with van der Waals surface area (Å²) < 4.78 is 18.1. The number of benzene rings is 3. The molecule has 0 bridgehead atoms. The van der Waals surface area contributed by atoms with Gasteiger partial charge in [0, 0.05) is 11.6 Å². The molecule has 0 aliphatic carbocycles. The van der Waals surface area contributed by atoms with Crippen LogP contribution in [0.3, 0.4) is 0 Å². The maximum absolute atomic E-state index is 12.4. The Labute approximate surface area is 179 Å². The lowest BCUT2D eigenvalue weighted by molar-refractivity contribution is 0.174. The summed E-state index contributed by atoms with van der Waals surface area (Å²) in [5.41, 5.74) is 3.48. The van der Waals surface area contributed by atoms with Crippen molar-refractivity contribution >= 4 is 0 Å². The van der Waals surface area contributed by atoms with E-state index in [2.05, 4.69) is 5.10 Å². The van der Waals surface area contributed by atoms with Crippen molar-refractivity contribution in [2.75, 3.05) is 6.79 Å². The van der Waals surface area contributed by atoms with E-state index >= 15 is 0 Å². The third-order valence-electron chi connectivity index (χ3n) is 5.04. The fourth-order valence-corrected chi connectivity index (χ4v) is 3.38. The highest BCUT2D eigenvalue weighted by Crippen LogP contribution is 2.35. The second kappa shape index (κ2) is 8.36. The van der Waals surface area contributed by atoms with Crippen LogP contribution in [0.4, 0.5) is 0 Å². The van der Waals surface area contributed by atoms with E-state index in [4.69, 9.17) is 14.2 Å². The Balaban J connectivity index is 1.30. The average molecular weight is 412 g/mol. The molecule has 0 N–H and O–H groups in total. The Kier molecular flexibility index (Phi) is 5.10. The standard InChI is InChI=1S/C25H20N2O4/c28-25-13-11-22(20-8-12-23-24(14-20)31-17-30-23)26-27(25)15-18-6-9-21(10-7-18)29-16-19-4-2-1-3-5-19/h1-14H,15-17H2. The lowest BCUT2D eigenvalue weighted by Gasteiger charge is -2.10. The summed E-state index contributed by atoms with van der Waals surface area (Å²) in [5.74, 6) is 2.18. The van der Waals surface area contributed by atoms with Crippen LogP contribution in [0.5, 0.6) is 17.2 Å². The number of ether oxygens (including phenoxy) is 3. The summed E-state index contributed by atoms with van der Waals surface area (Å²) in [5, 5.41) is 4.54. The number of aromatic nitrogens is 2. The van der Waals surface area contributed by atoms with Gasteiger partial charge in [0.05, 0.1) is 12.2 Å². The van der Waals surface area contributed by atoms with Crippen molar-refractivity contribution in [2.45, 2.75) is 13.2 Å². The van der Waals surface area contributed by atoms with Gasteiger partial charge < -0.3 is 14.2 Å². The van der Waals surface area contributed by atoms with Gasteiger partial charge in [0.2, 0.25) is 6.79 Å². The van der Waals surface area contributed by atoms with E-state index in [1.54, 1.807) is 6.07 Å². The van der Waals surface area contributed by atoms with E-state index in [-0.39, 0.29) is 12.4 Å². The molecule has 154 valence electrons. The third-order valence-corrected chi connectivity index (χ3v) is 5.04. The van der Waals surface area contributed by atoms with Crippen LogP contribution in [0.1, 0.15) is 11.1 Å². The van der Waals surface area contributed by atoms with E-state index < -0.39 is 0 Å². The number of hydrogen-bond acceptors (Lipinski definition) is 5. The number of nitrogens with zero attached hydrogens (tertiary/aromatic N) is 2. The first-order valence-electron chi connectivity index (χ1n) is 9.98. The van der Waals surface area contributed by atoms with Gasteiger partial charge >= 0.3 is 0 Å². The van der Waals surface area contributed by atoms with Crippen molar-refractivity contribution in [3.63, 3.8) is 0 Å². The molecule has 4 aromatic rings. The van der Waals surface area contributed by atoms with Gasteiger partial charge in [-0.05, 0) is 47.5 Å². The van der Waals surface area contributed by atoms with Crippen LogP contribution < -0.4 is 19.8 Å². The molecule has 0 spiro atoms. The highest BCUT2D eigenvalue weighted by Gasteiger charge is 2.15. The average Bonchev–Trinajstić information content (AvgIpc) is 3.29.